The molecule has 5 rings (SSSR count). The zero-order valence-electron chi connectivity index (χ0n) is 16.4. The van der Waals surface area contributed by atoms with Crippen molar-refractivity contribution in [1.29, 1.82) is 0 Å². The van der Waals surface area contributed by atoms with Crippen LogP contribution in [0.1, 0.15) is 63.8 Å². The van der Waals surface area contributed by atoms with Crippen molar-refractivity contribution >= 4 is 23.0 Å². The molecule has 150 valence electrons. The molecule has 1 aliphatic heterocycles. The lowest BCUT2D eigenvalue weighted by Crippen LogP contribution is -2.35. The Hall–Kier alpha value is -2.38. The third-order valence-corrected chi connectivity index (χ3v) is 7.10. The highest BCUT2D eigenvalue weighted by Crippen LogP contribution is 2.42. The van der Waals surface area contributed by atoms with Crippen molar-refractivity contribution in [3.63, 3.8) is 0 Å². The van der Waals surface area contributed by atoms with Crippen molar-refractivity contribution in [3.8, 4) is 0 Å². The molecule has 2 aliphatic carbocycles. The van der Waals surface area contributed by atoms with Crippen LogP contribution in [0.15, 0.2) is 11.0 Å². The molecule has 8 nitrogen and oxygen atoms in total. The number of hydrogen-bond acceptors (Lipinski definition) is 5. The molecule has 0 atom stereocenters. The Morgan fingerprint density at radius 3 is 2.61 bits per heavy atom. The molecule has 1 amide bonds. The fourth-order valence-corrected chi connectivity index (χ4v) is 5.36. The highest BCUT2D eigenvalue weighted by Gasteiger charge is 2.41. The van der Waals surface area contributed by atoms with Gasteiger partial charge in [-0.2, -0.15) is 4.98 Å². The Morgan fingerprint density at radius 2 is 1.93 bits per heavy atom. The molecule has 3 aliphatic rings. The van der Waals surface area contributed by atoms with E-state index in [1.165, 1.54) is 12.8 Å². The fraction of sp³-hybridized carbons (Fsp3) is 0.700. The average molecular weight is 384 g/mol. The highest BCUT2D eigenvalue weighted by molar-refractivity contribution is 5.79. The molecule has 0 radical (unpaired) electrons. The molecular weight excluding hydrogens is 356 g/mol. The summed E-state index contributed by atoms with van der Waals surface area (Å²) >= 11 is 0. The number of amides is 1. The number of aryl methyl sites for hydroxylation is 1. The van der Waals surface area contributed by atoms with E-state index in [1.807, 2.05) is 4.57 Å². The molecule has 28 heavy (non-hydrogen) atoms. The van der Waals surface area contributed by atoms with Gasteiger partial charge in [-0.1, -0.05) is 12.8 Å². The van der Waals surface area contributed by atoms with Crippen LogP contribution in [0, 0.1) is 5.41 Å². The molecule has 3 fully saturated rings. The van der Waals surface area contributed by atoms with E-state index in [1.54, 1.807) is 17.8 Å². The van der Waals surface area contributed by atoms with Gasteiger partial charge < -0.3 is 10.6 Å². The minimum atomic E-state index is 0.00589. The molecule has 2 aromatic heterocycles. The largest absolute Gasteiger partial charge is 0.356 e. The quantitative estimate of drug-likeness (QED) is 0.845. The van der Waals surface area contributed by atoms with Gasteiger partial charge in [0.05, 0.1) is 6.20 Å². The van der Waals surface area contributed by atoms with Crippen molar-refractivity contribution < 1.29 is 4.79 Å². The lowest BCUT2D eigenvalue weighted by Gasteiger charge is -2.36. The molecule has 2 N–H and O–H groups in total. The number of rotatable bonds is 3. The predicted octanol–water partition coefficient (Wildman–Crippen LogP) is 2.11. The summed E-state index contributed by atoms with van der Waals surface area (Å²) in [6.07, 6.45) is 11.0. The number of hydrogen-bond donors (Lipinski definition) is 2. The lowest BCUT2D eigenvalue weighted by atomic mass is 9.72. The first-order valence-corrected chi connectivity index (χ1v) is 10.5. The molecule has 8 heteroatoms. The molecule has 1 spiro atoms. The van der Waals surface area contributed by atoms with E-state index in [9.17, 15) is 9.59 Å². The van der Waals surface area contributed by atoms with E-state index in [4.69, 9.17) is 4.98 Å². The standard InChI is InChI=1S/C20H28N6O2/c1-25-15-11-21-18(24-17(15)26(19(25)28)14-4-2-3-5-14)23-13-6-8-20(9-7-13)10-16(27)22-12-20/h11,13-14H,2-10,12H2,1H3,(H,22,27)(H,21,23,24). The number of imidazole rings is 1. The number of nitrogens with one attached hydrogen (secondary N) is 2. The van der Waals surface area contributed by atoms with E-state index < -0.39 is 0 Å². The van der Waals surface area contributed by atoms with Gasteiger partial charge in [-0.3, -0.25) is 13.9 Å². The number of carbonyl (C=O) groups is 1. The lowest BCUT2D eigenvalue weighted by molar-refractivity contribution is -0.119. The van der Waals surface area contributed by atoms with Gasteiger partial charge in [0.2, 0.25) is 11.9 Å². The highest BCUT2D eigenvalue weighted by atomic mass is 16.2. The smallest absolute Gasteiger partial charge is 0.330 e. The second-order valence-corrected chi connectivity index (χ2v) is 8.92. The van der Waals surface area contributed by atoms with Crippen LogP contribution in [0.3, 0.4) is 0 Å². The Kier molecular flexibility index (Phi) is 4.17. The first kappa shape index (κ1) is 17.7. The Balaban J connectivity index is 1.36. The first-order chi connectivity index (χ1) is 13.5. The molecule has 0 bridgehead atoms. The van der Waals surface area contributed by atoms with Gasteiger partial charge in [-0.25, -0.2) is 9.78 Å². The van der Waals surface area contributed by atoms with E-state index in [0.29, 0.717) is 18.4 Å². The Bertz CT molecular complexity index is 963. The van der Waals surface area contributed by atoms with Crippen LogP contribution < -0.4 is 16.3 Å². The summed E-state index contributed by atoms with van der Waals surface area (Å²) in [6, 6.07) is 0.565. The van der Waals surface area contributed by atoms with Crippen molar-refractivity contribution in [3.05, 3.63) is 16.7 Å². The summed E-state index contributed by atoms with van der Waals surface area (Å²) in [4.78, 5) is 33.6. The molecular formula is C20H28N6O2. The van der Waals surface area contributed by atoms with E-state index in [2.05, 4.69) is 15.6 Å². The normalized spacial score (nSPS) is 28.3. The maximum Gasteiger partial charge on any atom is 0.330 e. The summed E-state index contributed by atoms with van der Waals surface area (Å²) in [5, 5.41) is 6.47. The van der Waals surface area contributed by atoms with Gasteiger partial charge in [0.1, 0.15) is 5.52 Å². The Morgan fingerprint density at radius 1 is 1.18 bits per heavy atom. The number of nitrogens with zero attached hydrogens (tertiary/aromatic N) is 4. The van der Waals surface area contributed by atoms with Crippen LogP contribution in [0.5, 0.6) is 0 Å². The monoisotopic (exact) mass is 384 g/mol. The van der Waals surface area contributed by atoms with Crippen molar-refractivity contribution in [2.24, 2.45) is 12.5 Å². The topological polar surface area (TPSA) is 93.8 Å². The fourth-order valence-electron chi connectivity index (χ4n) is 5.36. The second-order valence-electron chi connectivity index (χ2n) is 8.92. The van der Waals surface area contributed by atoms with E-state index in [-0.39, 0.29) is 23.1 Å². The van der Waals surface area contributed by atoms with Gasteiger partial charge in [-0.05, 0) is 43.9 Å². The summed E-state index contributed by atoms with van der Waals surface area (Å²) in [6.45, 7) is 0.818. The van der Waals surface area contributed by atoms with E-state index >= 15 is 0 Å². The summed E-state index contributed by atoms with van der Waals surface area (Å²) in [5.74, 6) is 0.792. The third-order valence-electron chi connectivity index (χ3n) is 7.10. The minimum absolute atomic E-state index is 0.00589. The minimum Gasteiger partial charge on any atom is -0.356 e. The first-order valence-electron chi connectivity index (χ1n) is 10.5. The van der Waals surface area contributed by atoms with Gasteiger partial charge in [0, 0.05) is 32.1 Å². The van der Waals surface area contributed by atoms with Crippen LogP contribution in [0.25, 0.3) is 11.2 Å². The second kappa shape index (κ2) is 6.60. The zero-order chi connectivity index (χ0) is 19.3. The van der Waals surface area contributed by atoms with Crippen molar-refractivity contribution in [2.75, 3.05) is 11.9 Å². The number of fused-ring (bicyclic) bond motifs is 1. The predicted molar refractivity (Wildman–Crippen MR) is 106 cm³/mol. The summed E-state index contributed by atoms with van der Waals surface area (Å²) in [5.41, 5.74) is 1.70. The van der Waals surface area contributed by atoms with Gasteiger partial charge in [0.15, 0.2) is 5.65 Å². The van der Waals surface area contributed by atoms with Crippen LogP contribution in [0.2, 0.25) is 0 Å². The Labute approximate surface area is 163 Å². The maximum atomic E-state index is 12.8. The van der Waals surface area contributed by atoms with Crippen LogP contribution in [-0.4, -0.2) is 37.6 Å². The molecule has 3 heterocycles. The SMILES string of the molecule is Cn1c(=O)n(C2CCCC2)c2nc(NC3CCC4(CC3)CNC(=O)C4)ncc21. The zero-order valence-corrected chi connectivity index (χ0v) is 16.4. The molecule has 2 aromatic rings. The summed E-state index contributed by atoms with van der Waals surface area (Å²) in [7, 11) is 1.80. The van der Waals surface area contributed by atoms with Crippen molar-refractivity contribution in [2.45, 2.75) is 69.9 Å². The van der Waals surface area contributed by atoms with Crippen molar-refractivity contribution in [1.82, 2.24) is 24.4 Å². The molecule has 2 saturated carbocycles. The van der Waals surface area contributed by atoms with Gasteiger partial charge >= 0.3 is 5.69 Å². The number of carbonyl (C=O) groups excluding carboxylic acids is 1. The van der Waals surface area contributed by atoms with Gasteiger partial charge in [-0.15, -0.1) is 0 Å². The number of aromatic nitrogens is 4. The molecule has 0 unspecified atom stereocenters. The van der Waals surface area contributed by atoms with Crippen LogP contribution in [-0.2, 0) is 11.8 Å². The summed E-state index contributed by atoms with van der Waals surface area (Å²) < 4.78 is 3.53. The van der Waals surface area contributed by atoms with Crippen LogP contribution >= 0.6 is 0 Å². The van der Waals surface area contributed by atoms with Gasteiger partial charge in [0.25, 0.3) is 0 Å². The third kappa shape index (κ3) is 2.89. The molecule has 1 saturated heterocycles. The molecule has 0 aromatic carbocycles. The number of anilines is 1. The van der Waals surface area contributed by atoms with Crippen LogP contribution in [0.4, 0.5) is 5.95 Å². The average Bonchev–Trinajstić information content (AvgIpc) is 3.39. The van der Waals surface area contributed by atoms with E-state index in [0.717, 1.165) is 56.2 Å². The maximum absolute atomic E-state index is 12.8.